The molecule has 6 aromatic rings. The molecule has 0 atom stereocenters. The molecule has 0 saturated carbocycles. The molecular weight excluding hydrogens is 352 g/mol. The van der Waals surface area contributed by atoms with Crippen molar-refractivity contribution in [2.75, 3.05) is 0 Å². The number of benzene rings is 3. The van der Waals surface area contributed by atoms with Crippen LogP contribution in [-0.2, 0) is 0 Å². The summed E-state index contributed by atoms with van der Waals surface area (Å²) in [7, 11) is 0. The maximum Gasteiger partial charge on any atom is 0.214 e. The van der Waals surface area contributed by atoms with Gasteiger partial charge in [-0.05, 0) is 24.3 Å². The molecule has 3 aromatic heterocycles. The van der Waals surface area contributed by atoms with Crippen molar-refractivity contribution in [3.8, 4) is 0 Å². The second kappa shape index (κ2) is 5.23. The molecule has 0 spiro atoms. The van der Waals surface area contributed by atoms with E-state index in [1.165, 1.54) is 0 Å². The molecule has 2 N–H and O–H groups in total. The quantitative estimate of drug-likeness (QED) is 0.318. The van der Waals surface area contributed by atoms with E-state index in [9.17, 15) is 9.59 Å². The second-order valence-electron chi connectivity index (χ2n) is 6.74. The molecular formula is C22H12N4O2. The third-order valence-electron chi connectivity index (χ3n) is 5.21. The summed E-state index contributed by atoms with van der Waals surface area (Å²) < 4.78 is 0. The molecule has 0 saturated heterocycles. The first-order valence-corrected chi connectivity index (χ1v) is 8.87. The first-order chi connectivity index (χ1) is 13.7. The number of H-pyrrole nitrogens is 2. The van der Waals surface area contributed by atoms with Gasteiger partial charge in [-0.3, -0.25) is 9.59 Å². The van der Waals surface area contributed by atoms with Crippen LogP contribution in [0.15, 0.2) is 70.5 Å². The molecule has 0 bridgehead atoms. The maximum atomic E-state index is 13.0. The van der Waals surface area contributed by atoms with Crippen molar-refractivity contribution in [2.24, 2.45) is 0 Å². The zero-order valence-electron chi connectivity index (χ0n) is 14.5. The van der Waals surface area contributed by atoms with Gasteiger partial charge in [0.1, 0.15) is 11.0 Å². The molecule has 28 heavy (non-hydrogen) atoms. The smallest absolute Gasteiger partial charge is 0.214 e. The third-order valence-corrected chi connectivity index (χ3v) is 5.21. The Morgan fingerprint density at radius 1 is 0.536 bits per heavy atom. The number of hydrogen-bond acceptors (Lipinski definition) is 4. The predicted octanol–water partition coefficient (Wildman–Crippen LogP) is 3.62. The van der Waals surface area contributed by atoms with Crippen LogP contribution >= 0.6 is 0 Å². The Hall–Kier alpha value is -4.06. The van der Waals surface area contributed by atoms with Gasteiger partial charge in [-0.15, -0.1) is 0 Å². The average Bonchev–Trinajstić information content (AvgIpc) is 2.77. The summed E-state index contributed by atoms with van der Waals surface area (Å²) in [6.07, 6.45) is 3.68. The van der Waals surface area contributed by atoms with Crippen LogP contribution in [0, 0.1) is 0 Å². The van der Waals surface area contributed by atoms with Gasteiger partial charge in [0.25, 0.3) is 0 Å². The minimum Gasteiger partial charge on any atom is -0.359 e. The first-order valence-electron chi connectivity index (χ1n) is 8.87. The largest absolute Gasteiger partial charge is 0.359 e. The molecule has 0 radical (unpaired) electrons. The highest BCUT2D eigenvalue weighted by Gasteiger charge is 2.17. The van der Waals surface area contributed by atoms with Crippen LogP contribution in [0.25, 0.3) is 54.6 Å². The van der Waals surface area contributed by atoms with Gasteiger partial charge in [0.05, 0.1) is 22.1 Å². The number of nitrogens with one attached hydrogen (secondary N) is 2. The van der Waals surface area contributed by atoms with E-state index in [0.717, 1.165) is 21.8 Å². The Balaban J connectivity index is 1.99. The van der Waals surface area contributed by atoms with E-state index < -0.39 is 0 Å². The average molecular weight is 364 g/mol. The lowest BCUT2D eigenvalue weighted by Crippen LogP contribution is -2.15. The fraction of sp³-hybridized carbons (Fsp3) is 0. The molecule has 0 fully saturated rings. The standard InChI is InChI=1S/C22H12N4O2/c27-21-11-5-1-2-6-12(11)22(28)20-19(21)25-17-13-7-3-9-23-15(13)16-14(18(17)26-20)8-4-10-24-16/h1-10,23-24H. The SMILES string of the molecule is O=c1c2ccccc2c(=O)c2nc3c4ccc[nH]c4c4[nH]cccc4c3nc12. The van der Waals surface area contributed by atoms with Gasteiger partial charge in [0.15, 0.2) is 0 Å². The summed E-state index contributed by atoms with van der Waals surface area (Å²) in [5.74, 6) is 0. The molecule has 3 heterocycles. The van der Waals surface area contributed by atoms with Crippen molar-refractivity contribution >= 4 is 54.6 Å². The van der Waals surface area contributed by atoms with Gasteiger partial charge in [-0.1, -0.05) is 24.3 Å². The second-order valence-corrected chi connectivity index (χ2v) is 6.74. The van der Waals surface area contributed by atoms with Crippen LogP contribution in [0.2, 0.25) is 0 Å². The van der Waals surface area contributed by atoms with Crippen LogP contribution in [0.3, 0.4) is 0 Å². The number of fused-ring (bicyclic) bond motifs is 8. The summed E-state index contributed by atoms with van der Waals surface area (Å²) in [5.41, 5.74) is 2.61. The van der Waals surface area contributed by atoms with Crippen molar-refractivity contribution in [3.05, 3.63) is 81.4 Å². The predicted molar refractivity (Wildman–Crippen MR) is 111 cm³/mol. The number of aromatic nitrogens is 4. The van der Waals surface area contributed by atoms with E-state index in [1.807, 2.05) is 36.7 Å². The number of hydrogen-bond donors (Lipinski definition) is 2. The fourth-order valence-electron chi connectivity index (χ4n) is 3.94. The molecule has 0 aliphatic heterocycles. The maximum absolute atomic E-state index is 13.0. The minimum absolute atomic E-state index is 0.112. The Morgan fingerprint density at radius 2 is 0.964 bits per heavy atom. The number of nitrogens with zero attached hydrogens (tertiary/aromatic N) is 2. The molecule has 3 aromatic carbocycles. The third kappa shape index (κ3) is 1.81. The summed E-state index contributed by atoms with van der Waals surface area (Å²) in [6, 6.07) is 14.4. The summed E-state index contributed by atoms with van der Waals surface area (Å²) >= 11 is 0. The number of rotatable bonds is 0. The highest BCUT2D eigenvalue weighted by Crippen LogP contribution is 2.31. The van der Waals surface area contributed by atoms with E-state index in [2.05, 4.69) is 19.9 Å². The van der Waals surface area contributed by atoms with E-state index in [1.54, 1.807) is 24.3 Å². The molecule has 0 unspecified atom stereocenters. The van der Waals surface area contributed by atoms with Crippen molar-refractivity contribution in [1.82, 2.24) is 19.9 Å². The van der Waals surface area contributed by atoms with E-state index >= 15 is 0 Å². The minimum atomic E-state index is -0.271. The molecule has 6 heteroatoms. The first kappa shape index (κ1) is 15.0. The monoisotopic (exact) mass is 364 g/mol. The van der Waals surface area contributed by atoms with Crippen LogP contribution < -0.4 is 10.9 Å². The van der Waals surface area contributed by atoms with Gasteiger partial charge < -0.3 is 9.97 Å². The van der Waals surface area contributed by atoms with Gasteiger partial charge >= 0.3 is 0 Å². The lowest BCUT2D eigenvalue weighted by molar-refractivity contribution is 1.35. The van der Waals surface area contributed by atoms with Crippen LogP contribution in [0.1, 0.15) is 0 Å². The highest BCUT2D eigenvalue weighted by molar-refractivity contribution is 6.21. The lowest BCUT2D eigenvalue weighted by atomic mass is 10.1. The van der Waals surface area contributed by atoms with Crippen LogP contribution in [0.5, 0.6) is 0 Å². The van der Waals surface area contributed by atoms with Crippen LogP contribution in [0.4, 0.5) is 0 Å². The fourth-order valence-corrected chi connectivity index (χ4v) is 3.94. The Labute approximate surface area is 156 Å². The zero-order valence-corrected chi connectivity index (χ0v) is 14.5. The zero-order chi connectivity index (χ0) is 18.8. The van der Waals surface area contributed by atoms with Crippen molar-refractivity contribution in [2.45, 2.75) is 0 Å². The van der Waals surface area contributed by atoms with Crippen molar-refractivity contribution < 1.29 is 0 Å². The lowest BCUT2D eigenvalue weighted by Gasteiger charge is -2.09. The van der Waals surface area contributed by atoms with Gasteiger partial charge in [-0.2, -0.15) is 0 Å². The highest BCUT2D eigenvalue weighted by atomic mass is 16.1. The topological polar surface area (TPSA) is 91.5 Å². The molecule has 0 aliphatic rings. The molecule has 6 nitrogen and oxygen atoms in total. The Kier molecular flexibility index (Phi) is 2.81. The molecule has 0 amide bonds. The Bertz CT molecular complexity index is 1590. The van der Waals surface area contributed by atoms with Crippen molar-refractivity contribution in [3.63, 3.8) is 0 Å². The van der Waals surface area contributed by atoms with Crippen LogP contribution in [-0.4, -0.2) is 19.9 Å². The van der Waals surface area contributed by atoms with E-state index in [0.29, 0.717) is 21.8 Å². The number of pyridine rings is 2. The summed E-state index contributed by atoms with van der Waals surface area (Å²) in [4.78, 5) is 41.9. The summed E-state index contributed by atoms with van der Waals surface area (Å²) in [5, 5.41) is 2.42. The summed E-state index contributed by atoms with van der Waals surface area (Å²) in [6.45, 7) is 0. The molecule has 6 rings (SSSR count). The van der Waals surface area contributed by atoms with Crippen molar-refractivity contribution in [1.29, 1.82) is 0 Å². The molecule has 132 valence electrons. The van der Waals surface area contributed by atoms with E-state index in [4.69, 9.17) is 0 Å². The van der Waals surface area contributed by atoms with E-state index in [-0.39, 0.29) is 21.9 Å². The molecule has 0 aliphatic carbocycles. The van der Waals surface area contributed by atoms with Gasteiger partial charge in [0, 0.05) is 33.9 Å². The number of aromatic amines is 2. The Morgan fingerprint density at radius 3 is 1.43 bits per heavy atom. The van der Waals surface area contributed by atoms with Gasteiger partial charge in [-0.25, -0.2) is 9.97 Å². The van der Waals surface area contributed by atoms with Gasteiger partial charge in [0.2, 0.25) is 10.9 Å². The normalized spacial score (nSPS) is 11.9.